The molecule has 0 aromatic carbocycles. The third-order valence-electron chi connectivity index (χ3n) is 14.7. The molecule has 0 aliphatic heterocycles. The summed E-state index contributed by atoms with van der Waals surface area (Å²) >= 11 is 0. The van der Waals surface area contributed by atoms with Gasteiger partial charge in [-0.1, -0.05) is 272 Å². The highest BCUT2D eigenvalue weighted by Crippen LogP contribution is 2.38. The van der Waals surface area contributed by atoms with Gasteiger partial charge in [0.1, 0.15) is 19.3 Å². The highest BCUT2D eigenvalue weighted by molar-refractivity contribution is 7.45. The van der Waals surface area contributed by atoms with E-state index in [1.54, 1.807) is 0 Å². The molecule has 9 nitrogen and oxygen atoms in total. The van der Waals surface area contributed by atoms with Crippen LogP contribution in [0.2, 0.25) is 0 Å². The monoisotopic (exact) mass is 1180 g/mol. The number of likely N-dealkylation sites (N-methyl/N-ethyl adjacent to an activating group) is 1. The summed E-state index contributed by atoms with van der Waals surface area (Å²) in [6.45, 7) is 6.70. The zero-order chi connectivity index (χ0) is 60.7. The lowest BCUT2D eigenvalue weighted by Crippen LogP contribution is -2.47. The van der Waals surface area contributed by atoms with Crippen LogP contribution >= 0.6 is 7.82 Å². The van der Waals surface area contributed by atoms with E-state index in [1.807, 2.05) is 33.3 Å². The molecule has 1 N–H and O–H groups in total. The maximum Gasteiger partial charge on any atom is 0.306 e. The van der Waals surface area contributed by atoms with Crippen molar-refractivity contribution in [1.29, 1.82) is 0 Å². The lowest BCUT2D eigenvalue weighted by molar-refractivity contribution is -0.870. The Morgan fingerprint density at radius 2 is 0.771 bits per heavy atom. The smallest absolute Gasteiger partial charge is 0.306 e. The summed E-state index contributed by atoms with van der Waals surface area (Å²) in [6, 6.07) is -0.903. The summed E-state index contributed by atoms with van der Waals surface area (Å²) in [6.07, 6.45) is 84.8. The first-order chi connectivity index (χ1) is 40.4. The van der Waals surface area contributed by atoms with Crippen LogP contribution in [-0.2, 0) is 27.9 Å². The predicted molar refractivity (Wildman–Crippen MR) is 357 cm³/mol. The Bertz CT molecular complexity index is 1790. The van der Waals surface area contributed by atoms with Gasteiger partial charge in [0.05, 0.1) is 33.8 Å². The Morgan fingerprint density at radius 1 is 0.434 bits per heavy atom. The summed E-state index contributed by atoms with van der Waals surface area (Å²) < 4.78 is 30.4. The maximum absolute atomic E-state index is 13.6. The van der Waals surface area contributed by atoms with Gasteiger partial charge in [-0.15, -0.1) is 0 Å². The van der Waals surface area contributed by atoms with E-state index >= 15 is 0 Å². The van der Waals surface area contributed by atoms with Gasteiger partial charge in [0, 0.05) is 12.8 Å². The van der Waals surface area contributed by atoms with Crippen LogP contribution in [0, 0.1) is 0 Å². The number of allylic oxidation sites excluding steroid dienone is 17. The van der Waals surface area contributed by atoms with E-state index in [1.165, 1.54) is 128 Å². The fourth-order valence-corrected chi connectivity index (χ4v) is 10.2. The number of rotatable bonds is 61. The minimum atomic E-state index is -4.71. The van der Waals surface area contributed by atoms with E-state index < -0.39 is 26.6 Å². The number of amides is 1. The lowest BCUT2D eigenvalue weighted by atomic mass is 10.0. The quantitative estimate of drug-likeness (QED) is 0.0212. The van der Waals surface area contributed by atoms with Crippen LogP contribution in [0.5, 0.6) is 0 Å². The molecule has 0 saturated carbocycles. The number of phosphoric ester groups is 1. The molecule has 0 aliphatic rings. The van der Waals surface area contributed by atoms with Gasteiger partial charge < -0.3 is 28.5 Å². The van der Waals surface area contributed by atoms with Gasteiger partial charge in [-0.3, -0.25) is 14.2 Å². The third-order valence-corrected chi connectivity index (χ3v) is 15.7. The van der Waals surface area contributed by atoms with Crippen molar-refractivity contribution in [3.05, 3.63) is 109 Å². The van der Waals surface area contributed by atoms with Crippen molar-refractivity contribution in [1.82, 2.24) is 5.32 Å². The molecule has 0 aromatic rings. The second-order valence-corrected chi connectivity index (χ2v) is 25.4. The van der Waals surface area contributed by atoms with E-state index in [0.717, 1.165) is 122 Å². The topological polar surface area (TPSA) is 114 Å². The van der Waals surface area contributed by atoms with E-state index in [0.29, 0.717) is 23.9 Å². The van der Waals surface area contributed by atoms with E-state index in [4.69, 9.17) is 13.8 Å². The molecule has 478 valence electrons. The average Bonchev–Trinajstić information content (AvgIpc) is 3.47. The van der Waals surface area contributed by atoms with Gasteiger partial charge in [0.25, 0.3) is 7.82 Å². The van der Waals surface area contributed by atoms with Crippen molar-refractivity contribution in [2.24, 2.45) is 0 Å². The van der Waals surface area contributed by atoms with Gasteiger partial charge in [0.2, 0.25) is 5.91 Å². The Morgan fingerprint density at radius 3 is 1.18 bits per heavy atom. The van der Waals surface area contributed by atoms with Crippen LogP contribution in [0.3, 0.4) is 0 Å². The molecule has 0 heterocycles. The zero-order valence-corrected chi connectivity index (χ0v) is 55.5. The molecule has 0 rings (SSSR count). The number of carbonyl (C=O) groups excluding carboxylic acids is 2. The molecule has 0 bridgehead atoms. The normalized spacial score (nSPS) is 14.3. The third kappa shape index (κ3) is 63.0. The second kappa shape index (κ2) is 61.7. The first-order valence-electron chi connectivity index (χ1n) is 34.2. The van der Waals surface area contributed by atoms with Crippen LogP contribution in [0.4, 0.5) is 0 Å². The Hall–Kier alpha value is -3.33. The van der Waals surface area contributed by atoms with Crippen LogP contribution in [0.1, 0.15) is 290 Å². The van der Waals surface area contributed by atoms with Crippen LogP contribution in [-0.4, -0.2) is 69.4 Å². The minimum Gasteiger partial charge on any atom is -0.756 e. The Balaban J connectivity index is 5.16. The minimum absolute atomic E-state index is 0.0299. The summed E-state index contributed by atoms with van der Waals surface area (Å²) in [5, 5.41) is 3.03. The van der Waals surface area contributed by atoms with Gasteiger partial charge in [0.15, 0.2) is 0 Å². The van der Waals surface area contributed by atoms with E-state index in [-0.39, 0.29) is 24.9 Å². The summed E-state index contributed by atoms with van der Waals surface area (Å²) in [5.74, 6) is -0.560. The molecule has 0 saturated heterocycles. The Kier molecular flexibility index (Phi) is 59.3. The maximum atomic E-state index is 13.6. The number of ether oxygens (including phenoxy) is 1. The number of nitrogens with zero attached hydrogens (tertiary/aromatic N) is 1. The van der Waals surface area contributed by atoms with Crippen LogP contribution in [0.15, 0.2) is 109 Å². The number of unbranched alkanes of at least 4 members (excludes halogenated alkanes) is 29. The van der Waals surface area contributed by atoms with Gasteiger partial charge in [-0.2, -0.15) is 0 Å². The molecule has 3 unspecified atom stereocenters. The summed E-state index contributed by atoms with van der Waals surface area (Å²) in [5.41, 5.74) is 0. The highest BCUT2D eigenvalue weighted by Gasteiger charge is 2.27. The molecule has 0 fully saturated rings. The van der Waals surface area contributed by atoms with E-state index in [2.05, 4.69) is 123 Å². The first-order valence-corrected chi connectivity index (χ1v) is 35.7. The number of esters is 1. The number of nitrogens with one attached hydrogen (secondary N) is 1. The number of carbonyl (C=O) groups is 2. The molecular formula is C73H129N2O7P. The molecule has 1 amide bonds. The fourth-order valence-electron chi connectivity index (χ4n) is 9.44. The van der Waals surface area contributed by atoms with Crippen molar-refractivity contribution in [3.63, 3.8) is 0 Å². The summed E-state index contributed by atoms with van der Waals surface area (Å²) in [7, 11) is 1.17. The molecule has 0 radical (unpaired) electrons. The molecule has 0 aliphatic carbocycles. The number of quaternary nitrogens is 1. The number of phosphoric acid groups is 1. The molecule has 0 spiro atoms. The SMILES string of the molecule is CC/C=C\C/C=C\C/C=C\C/C=C\C/C=C\C/C=C\CCCCCCCCCCC(=O)OC(/C=C\CCCCCCCCCCCCC)C(COP(=O)([O-])OCC[N+](C)(C)C)NC(=O)CCCCCCCCC/C=C\C/C=C\CCCCC. The Labute approximate surface area is 512 Å². The molecule has 10 heteroatoms. The number of hydrogen-bond donors (Lipinski definition) is 1. The van der Waals surface area contributed by atoms with Crippen molar-refractivity contribution in [2.45, 2.75) is 303 Å². The second-order valence-electron chi connectivity index (χ2n) is 23.9. The molecular weight excluding hydrogens is 1050 g/mol. The molecule has 3 atom stereocenters. The van der Waals surface area contributed by atoms with E-state index in [9.17, 15) is 19.0 Å². The summed E-state index contributed by atoms with van der Waals surface area (Å²) in [4.78, 5) is 40.1. The van der Waals surface area contributed by atoms with Crippen molar-refractivity contribution >= 4 is 19.7 Å². The van der Waals surface area contributed by atoms with Gasteiger partial charge in [-0.25, -0.2) is 0 Å². The first kappa shape index (κ1) is 79.7. The standard InChI is InChI=1S/C73H129N2O7P/c1-7-10-13-16-19-22-25-28-30-32-33-34-35-36-37-38-39-40-41-43-45-48-51-54-57-60-63-66-73(77)82-71(64-61-58-55-52-49-46-27-24-21-18-15-12-9-3)70(69-81-83(78,79)80-68-67-75(4,5)6)74-72(76)65-62-59-56-53-50-47-44-42-31-29-26-23-20-17-14-11-8-2/h10,13,19-20,22-23,28-31,33-34,36-37,39-40,61,64,70-71H,7-9,11-12,14-18,21,24-27,32,35,38,41-60,62-63,65-69H2,1-6H3,(H-,74,76,78,79)/b13-10-,22-19-,23-20-,30-28-,31-29-,34-33-,37-36-,40-39-,64-61-. The van der Waals surface area contributed by atoms with Crippen molar-refractivity contribution < 1.29 is 37.3 Å². The van der Waals surface area contributed by atoms with Gasteiger partial charge in [-0.05, 0) is 115 Å². The molecule has 0 aromatic heterocycles. The molecule has 83 heavy (non-hydrogen) atoms. The van der Waals surface area contributed by atoms with Crippen LogP contribution < -0.4 is 10.2 Å². The van der Waals surface area contributed by atoms with Gasteiger partial charge >= 0.3 is 5.97 Å². The van der Waals surface area contributed by atoms with Crippen LogP contribution in [0.25, 0.3) is 0 Å². The zero-order valence-electron chi connectivity index (χ0n) is 54.6. The van der Waals surface area contributed by atoms with Crippen molar-refractivity contribution in [3.8, 4) is 0 Å². The van der Waals surface area contributed by atoms with Crippen molar-refractivity contribution in [2.75, 3.05) is 40.9 Å². The largest absolute Gasteiger partial charge is 0.756 e. The predicted octanol–water partition coefficient (Wildman–Crippen LogP) is 21.0. The lowest BCUT2D eigenvalue weighted by Gasteiger charge is -2.30. The fraction of sp³-hybridized carbons (Fsp3) is 0.726. The average molecular weight is 1180 g/mol. The number of hydrogen-bond acceptors (Lipinski definition) is 7. The highest BCUT2D eigenvalue weighted by atomic mass is 31.2.